The Morgan fingerprint density at radius 2 is 1.25 bits per heavy atom. The average molecular weight is 186 g/mol. The summed E-state index contributed by atoms with van der Waals surface area (Å²) in [6, 6.07) is 0. The summed E-state index contributed by atoms with van der Waals surface area (Å²) in [6.45, 7) is 0. The molecule has 0 amide bonds. The molecule has 20 valence electrons. The van der Waals surface area contributed by atoms with E-state index in [1.807, 2.05) is 0 Å². The van der Waals surface area contributed by atoms with E-state index in [9.17, 15) is 0 Å². The molecule has 4 heteroatoms. The zero-order chi connectivity index (χ0) is 2.71. The molecule has 0 saturated carbocycles. The third-order valence-electron chi connectivity index (χ3n) is 0. The minimum absolute atomic E-state index is 0. The van der Waals surface area contributed by atoms with Crippen LogP contribution in [0, 0.1) is 40.8 Å². The Kier molecular flexibility index (Phi) is 20.7. The van der Waals surface area contributed by atoms with Crippen molar-refractivity contribution in [1.29, 1.82) is 0 Å². The first-order chi connectivity index (χ1) is 1.41. The van der Waals surface area contributed by atoms with Crippen molar-refractivity contribution in [3.05, 3.63) is 16.0 Å². The van der Waals surface area contributed by atoms with Crippen molar-refractivity contribution in [1.82, 2.24) is 0 Å². The Morgan fingerprint density at radius 1 is 1.25 bits per heavy atom. The van der Waals surface area contributed by atoms with Gasteiger partial charge in [0.25, 0.3) is 0 Å². The number of hydrogen-bond donors (Lipinski definition) is 0. The molecule has 0 atom stereocenters. The van der Waals surface area contributed by atoms with Crippen molar-refractivity contribution in [2.75, 3.05) is 0 Å². The number of nitrogens with zero attached hydrogens (tertiary/aromatic N) is 3. The maximum Gasteiger partial charge on any atom is 0 e. The summed E-state index contributed by atoms with van der Waals surface area (Å²) in [6.07, 6.45) is 0. The molecule has 0 heterocycles. The van der Waals surface area contributed by atoms with E-state index in [0.29, 0.717) is 0 Å². The minimum Gasteiger partial charge on any atom is -0.373 e. The van der Waals surface area contributed by atoms with E-state index in [1.54, 1.807) is 0 Å². The molecule has 3 nitrogen and oxygen atoms in total. The van der Waals surface area contributed by atoms with Gasteiger partial charge < -0.3 is 11.1 Å². The molecule has 0 aliphatic carbocycles. The van der Waals surface area contributed by atoms with Gasteiger partial charge in [-0.1, -0.05) is 0 Å². The molecule has 0 aliphatic heterocycles. The third kappa shape index (κ3) is 16.8. The summed E-state index contributed by atoms with van der Waals surface area (Å²) < 4.78 is 0. The van der Waals surface area contributed by atoms with E-state index in [1.165, 1.54) is 4.91 Å². The quantitative estimate of drug-likeness (QED) is 0.306. The van der Waals surface area contributed by atoms with Crippen LogP contribution in [0.1, 0.15) is 0 Å². The Balaban J connectivity index is 0. The summed E-state index contributed by atoms with van der Waals surface area (Å²) >= 11 is 0. The summed E-state index contributed by atoms with van der Waals surface area (Å²) in [7, 11) is 0. The molecule has 0 N–H and O–H groups in total. The molecular weight excluding hydrogens is 186 g/mol. The molecule has 0 bridgehead atoms. The summed E-state index contributed by atoms with van der Waals surface area (Å²) in [5, 5.41) is 0. The van der Waals surface area contributed by atoms with Gasteiger partial charge in [0.15, 0.2) is 0 Å². The van der Waals surface area contributed by atoms with Crippen LogP contribution < -0.4 is 0 Å². The zero-order valence-electron chi connectivity index (χ0n) is 1.84. The standard InChI is InChI=1S/N3.Nd/c1-3-2;/q-1;. The zero-order valence-corrected chi connectivity index (χ0v) is 5.05. The van der Waals surface area contributed by atoms with Gasteiger partial charge in [-0.15, -0.1) is 0 Å². The Hall–Kier alpha value is 0.661. The van der Waals surface area contributed by atoms with Gasteiger partial charge in [0.2, 0.25) is 0 Å². The minimum atomic E-state index is 0. The van der Waals surface area contributed by atoms with Crippen molar-refractivity contribution >= 4 is 0 Å². The van der Waals surface area contributed by atoms with Crippen LogP contribution in [-0.2, 0) is 0 Å². The predicted molar refractivity (Wildman–Crippen MR) is 10.1 cm³/mol. The molecule has 0 unspecified atom stereocenters. The van der Waals surface area contributed by atoms with Gasteiger partial charge >= 0.3 is 0 Å². The second kappa shape index (κ2) is 9.40. The molecule has 0 saturated heterocycles. The number of rotatable bonds is 0. The van der Waals surface area contributed by atoms with Crippen LogP contribution >= 0.6 is 0 Å². The normalized spacial score (nSPS) is 2.00. The van der Waals surface area contributed by atoms with Crippen LogP contribution in [0.2, 0.25) is 0 Å². The maximum absolute atomic E-state index is 6.75. The first-order valence-corrected chi connectivity index (χ1v) is 0.400. The molecule has 0 aromatic heterocycles. The molecule has 4 heavy (non-hydrogen) atoms. The summed E-state index contributed by atoms with van der Waals surface area (Å²) in [5.41, 5.74) is 13.5. The van der Waals surface area contributed by atoms with E-state index in [-0.39, 0.29) is 40.8 Å². The van der Waals surface area contributed by atoms with E-state index in [4.69, 9.17) is 11.1 Å². The second-order valence-corrected chi connectivity index (χ2v) is 0.0894. The molecular formula is N3Nd-. The summed E-state index contributed by atoms with van der Waals surface area (Å²) in [5.74, 6) is 0. The molecule has 0 aliphatic rings. The van der Waals surface area contributed by atoms with Crippen molar-refractivity contribution in [3.63, 3.8) is 0 Å². The predicted octanol–water partition coefficient (Wildman–Crippen LogP) is 0.866. The Labute approximate surface area is 56.3 Å². The Bertz CT molecular complexity index is 24.3. The van der Waals surface area contributed by atoms with E-state index in [0.717, 1.165) is 0 Å². The molecule has 0 rings (SSSR count). The summed E-state index contributed by atoms with van der Waals surface area (Å²) in [4.78, 5) is 1.50. The Morgan fingerprint density at radius 3 is 1.25 bits per heavy atom. The van der Waals surface area contributed by atoms with Crippen LogP contribution in [0.5, 0.6) is 0 Å². The monoisotopic (exact) mass is 184 g/mol. The van der Waals surface area contributed by atoms with Gasteiger partial charge in [-0.2, -0.15) is 0 Å². The van der Waals surface area contributed by atoms with Crippen molar-refractivity contribution in [2.24, 2.45) is 0 Å². The third-order valence-corrected chi connectivity index (χ3v) is 0. The van der Waals surface area contributed by atoms with Gasteiger partial charge in [0.1, 0.15) is 0 Å². The second-order valence-electron chi connectivity index (χ2n) is 0.0894. The molecule has 0 radical (unpaired) electrons. The fourth-order valence-electron chi connectivity index (χ4n) is 0. The number of hydrogen-bond acceptors (Lipinski definition) is 0. The molecule has 0 aromatic rings. The topological polar surface area (TPSA) is 58.7 Å². The largest absolute Gasteiger partial charge is 0.373 e. The van der Waals surface area contributed by atoms with E-state index in [2.05, 4.69) is 0 Å². The van der Waals surface area contributed by atoms with E-state index >= 15 is 0 Å². The SMILES string of the molecule is [N-]=[N+]=[N-].[Nd]. The fourth-order valence-corrected chi connectivity index (χ4v) is 0. The van der Waals surface area contributed by atoms with Crippen LogP contribution in [0.4, 0.5) is 0 Å². The smallest absolute Gasteiger partial charge is 0 e. The first kappa shape index (κ1) is 8.82. The van der Waals surface area contributed by atoms with Crippen molar-refractivity contribution < 1.29 is 40.8 Å². The molecule has 0 aromatic carbocycles. The van der Waals surface area contributed by atoms with Gasteiger partial charge in [-0.3, -0.25) is 4.91 Å². The molecule has 0 spiro atoms. The first-order valence-electron chi connectivity index (χ1n) is 0.400. The van der Waals surface area contributed by atoms with Gasteiger partial charge in [-0.05, 0) is 0 Å². The fraction of sp³-hybridized carbons (Fsp3) is 0. The average Bonchev–Trinajstić information content (AvgIpc) is 0.918. The van der Waals surface area contributed by atoms with Gasteiger partial charge in [-0.25, -0.2) is 0 Å². The van der Waals surface area contributed by atoms with Crippen LogP contribution in [0.3, 0.4) is 0 Å². The van der Waals surface area contributed by atoms with Crippen molar-refractivity contribution in [3.8, 4) is 0 Å². The van der Waals surface area contributed by atoms with Gasteiger partial charge in [0, 0.05) is 40.8 Å². The van der Waals surface area contributed by atoms with Crippen LogP contribution in [0.25, 0.3) is 16.0 Å². The molecule has 0 fully saturated rings. The van der Waals surface area contributed by atoms with Gasteiger partial charge in [0.05, 0.1) is 0 Å². The van der Waals surface area contributed by atoms with Crippen LogP contribution in [-0.4, -0.2) is 0 Å². The maximum atomic E-state index is 6.75. The van der Waals surface area contributed by atoms with E-state index < -0.39 is 0 Å². The van der Waals surface area contributed by atoms with Crippen molar-refractivity contribution in [2.45, 2.75) is 0 Å². The van der Waals surface area contributed by atoms with Crippen LogP contribution in [0.15, 0.2) is 0 Å².